The third-order valence-electron chi connectivity index (χ3n) is 5.35. The van der Waals surface area contributed by atoms with Crippen LogP contribution in [0, 0.1) is 0 Å². The van der Waals surface area contributed by atoms with Gasteiger partial charge in [-0.2, -0.15) is 5.10 Å². The van der Waals surface area contributed by atoms with Gasteiger partial charge in [-0.05, 0) is 29.3 Å². The number of likely N-dealkylation sites (tertiary alicyclic amines) is 1. The van der Waals surface area contributed by atoms with E-state index in [4.69, 9.17) is 11.6 Å². The zero-order valence-corrected chi connectivity index (χ0v) is 17.7. The fourth-order valence-corrected chi connectivity index (χ4v) is 3.96. The van der Waals surface area contributed by atoms with Crippen LogP contribution in [0.15, 0.2) is 61.2 Å². The summed E-state index contributed by atoms with van der Waals surface area (Å²) in [6.45, 7) is -0.159. The number of rotatable bonds is 6. The molecule has 1 saturated heterocycles. The number of carbonyl (C=O) groups excluding carboxylic acids is 2. The quantitative estimate of drug-likeness (QED) is 0.591. The summed E-state index contributed by atoms with van der Waals surface area (Å²) < 4.78 is 15.7. The van der Waals surface area contributed by atoms with Crippen LogP contribution in [-0.4, -0.2) is 55.3 Å². The molecule has 1 aliphatic rings. The van der Waals surface area contributed by atoms with Gasteiger partial charge in [0.2, 0.25) is 5.91 Å². The van der Waals surface area contributed by atoms with Crippen molar-refractivity contribution >= 4 is 23.4 Å². The molecule has 10 heteroatoms. The van der Waals surface area contributed by atoms with E-state index in [-0.39, 0.29) is 19.5 Å². The first-order chi connectivity index (χ1) is 15.4. The number of carbonyl (C=O) groups is 2. The molecule has 1 fully saturated rings. The van der Waals surface area contributed by atoms with E-state index in [1.807, 2.05) is 0 Å². The molecular formula is C22H21ClFN5O3. The molecule has 2 amide bonds. The lowest BCUT2D eigenvalue weighted by molar-refractivity contribution is -0.145. The Hall–Kier alpha value is -3.30. The average molecular weight is 458 g/mol. The van der Waals surface area contributed by atoms with Gasteiger partial charge in [0.1, 0.15) is 24.9 Å². The fraction of sp³-hybridized carbons (Fsp3) is 0.273. The minimum atomic E-state index is -1.47. The minimum absolute atomic E-state index is 0.0886. The molecule has 0 aliphatic carbocycles. The van der Waals surface area contributed by atoms with Crippen LogP contribution in [0.1, 0.15) is 23.7 Å². The Morgan fingerprint density at radius 2 is 2.03 bits per heavy atom. The van der Waals surface area contributed by atoms with Crippen molar-refractivity contribution in [3.8, 4) is 5.69 Å². The summed E-state index contributed by atoms with van der Waals surface area (Å²) in [6, 6.07) is 12.5. The Kier molecular flexibility index (Phi) is 6.48. The van der Waals surface area contributed by atoms with Crippen molar-refractivity contribution in [1.82, 2.24) is 25.0 Å². The van der Waals surface area contributed by atoms with Gasteiger partial charge in [-0.3, -0.25) is 9.59 Å². The lowest BCUT2D eigenvalue weighted by Crippen LogP contribution is -2.47. The Bertz CT molecular complexity index is 1100. The van der Waals surface area contributed by atoms with Crippen molar-refractivity contribution in [2.45, 2.75) is 31.3 Å². The second-order valence-electron chi connectivity index (χ2n) is 7.48. The number of aliphatic hydroxyl groups is 1. The number of aliphatic hydroxyl groups excluding tert-OH is 1. The molecule has 4 rings (SSSR count). The number of halogens is 2. The van der Waals surface area contributed by atoms with E-state index in [9.17, 15) is 19.1 Å². The molecule has 0 saturated carbocycles. The Balaban J connectivity index is 1.48. The lowest BCUT2D eigenvalue weighted by atomic mass is 10.1. The average Bonchev–Trinajstić information content (AvgIpc) is 3.47. The van der Waals surface area contributed by atoms with E-state index in [0.717, 1.165) is 4.90 Å². The molecule has 0 spiro atoms. The molecule has 166 valence electrons. The van der Waals surface area contributed by atoms with Crippen LogP contribution in [0.3, 0.4) is 0 Å². The van der Waals surface area contributed by atoms with Gasteiger partial charge >= 0.3 is 0 Å². The molecule has 1 aromatic heterocycles. The summed E-state index contributed by atoms with van der Waals surface area (Å²) >= 11 is 6.11. The summed E-state index contributed by atoms with van der Waals surface area (Å²) in [5, 5.41) is 17.8. The van der Waals surface area contributed by atoms with Crippen LogP contribution in [0.2, 0.25) is 5.02 Å². The van der Waals surface area contributed by atoms with Crippen molar-refractivity contribution in [3.63, 3.8) is 0 Å². The highest BCUT2D eigenvalue weighted by atomic mass is 35.5. The van der Waals surface area contributed by atoms with Crippen molar-refractivity contribution < 1.29 is 19.1 Å². The maximum Gasteiger partial charge on any atom is 0.256 e. The summed E-state index contributed by atoms with van der Waals surface area (Å²) in [7, 11) is 0. The molecule has 1 aliphatic heterocycles. The molecule has 2 aromatic carbocycles. The number of amides is 2. The van der Waals surface area contributed by atoms with Crippen LogP contribution in [-0.2, 0) is 16.1 Å². The van der Waals surface area contributed by atoms with Gasteiger partial charge in [0.15, 0.2) is 6.10 Å². The summed E-state index contributed by atoms with van der Waals surface area (Å²) in [6.07, 6.45) is -0.0497. The smallest absolute Gasteiger partial charge is 0.256 e. The van der Waals surface area contributed by atoms with Gasteiger partial charge in [-0.15, -0.1) is 0 Å². The third-order valence-corrected chi connectivity index (χ3v) is 5.58. The van der Waals surface area contributed by atoms with Gasteiger partial charge in [0, 0.05) is 18.0 Å². The van der Waals surface area contributed by atoms with Gasteiger partial charge < -0.3 is 15.3 Å². The van der Waals surface area contributed by atoms with E-state index < -0.39 is 30.1 Å². The van der Waals surface area contributed by atoms with Gasteiger partial charge in [0.25, 0.3) is 5.91 Å². The molecule has 8 nitrogen and oxygen atoms in total. The normalized spacial score (nSPS) is 19.0. The maximum atomic E-state index is 14.2. The van der Waals surface area contributed by atoms with Gasteiger partial charge in [-0.25, -0.2) is 14.1 Å². The van der Waals surface area contributed by atoms with Crippen molar-refractivity contribution in [1.29, 1.82) is 0 Å². The highest BCUT2D eigenvalue weighted by Crippen LogP contribution is 2.26. The number of aromatic nitrogens is 3. The summed E-state index contributed by atoms with van der Waals surface area (Å²) in [5.41, 5.74) is 1.73. The first-order valence-electron chi connectivity index (χ1n) is 10.0. The SMILES string of the molecule is O=C(NCc1cc(Cl)ccc1-n1cncn1)[C@@H]1C[C@@H](F)CN1C(=O)[C@H](O)c1ccccc1. The molecule has 32 heavy (non-hydrogen) atoms. The predicted octanol–water partition coefficient (Wildman–Crippen LogP) is 2.21. The van der Waals surface area contributed by atoms with Crippen molar-refractivity contribution in [2.24, 2.45) is 0 Å². The van der Waals surface area contributed by atoms with Crippen molar-refractivity contribution in [2.75, 3.05) is 6.54 Å². The standard InChI is InChI=1S/C22H21ClFN5O3/c23-16-6-7-18(29-13-25-12-27-29)15(8-16)10-26-21(31)19-9-17(24)11-28(19)22(32)20(30)14-4-2-1-3-5-14/h1-8,12-13,17,19-20,30H,9-11H2,(H,26,31)/t17-,19+,20-/m1/s1. The molecule has 0 unspecified atom stereocenters. The van der Waals surface area contributed by atoms with E-state index in [2.05, 4.69) is 15.4 Å². The predicted molar refractivity (Wildman–Crippen MR) is 115 cm³/mol. The number of nitrogens with one attached hydrogen (secondary N) is 1. The topological polar surface area (TPSA) is 100 Å². The molecule has 2 heterocycles. The maximum absolute atomic E-state index is 14.2. The molecule has 0 bridgehead atoms. The molecule has 3 atom stereocenters. The van der Waals surface area contributed by atoms with Crippen LogP contribution in [0.5, 0.6) is 0 Å². The first kappa shape index (κ1) is 21.9. The fourth-order valence-electron chi connectivity index (χ4n) is 3.76. The zero-order valence-electron chi connectivity index (χ0n) is 16.9. The first-order valence-corrected chi connectivity index (χ1v) is 10.4. The second-order valence-corrected chi connectivity index (χ2v) is 7.92. The van der Waals surface area contributed by atoms with E-state index in [1.54, 1.807) is 48.5 Å². The Morgan fingerprint density at radius 3 is 2.75 bits per heavy atom. The molecule has 3 aromatic rings. The van der Waals surface area contributed by atoms with E-state index in [0.29, 0.717) is 21.8 Å². The van der Waals surface area contributed by atoms with Crippen LogP contribution >= 0.6 is 11.6 Å². The Labute approximate surface area is 188 Å². The van der Waals surface area contributed by atoms with E-state index in [1.165, 1.54) is 17.3 Å². The largest absolute Gasteiger partial charge is 0.378 e. The number of nitrogens with zero attached hydrogens (tertiary/aromatic N) is 4. The second kappa shape index (κ2) is 9.46. The van der Waals surface area contributed by atoms with Gasteiger partial charge in [0.05, 0.1) is 12.2 Å². The van der Waals surface area contributed by atoms with Crippen LogP contribution in [0.4, 0.5) is 4.39 Å². The monoisotopic (exact) mass is 457 g/mol. The highest BCUT2D eigenvalue weighted by Gasteiger charge is 2.41. The molecular weight excluding hydrogens is 437 g/mol. The summed E-state index contributed by atoms with van der Waals surface area (Å²) in [4.78, 5) is 30.8. The molecule has 0 radical (unpaired) electrons. The minimum Gasteiger partial charge on any atom is -0.378 e. The number of hydrogen-bond acceptors (Lipinski definition) is 5. The number of hydrogen-bond donors (Lipinski definition) is 2. The van der Waals surface area contributed by atoms with E-state index >= 15 is 0 Å². The van der Waals surface area contributed by atoms with Crippen molar-refractivity contribution in [3.05, 3.63) is 77.3 Å². The van der Waals surface area contributed by atoms with Crippen LogP contribution < -0.4 is 5.32 Å². The lowest BCUT2D eigenvalue weighted by Gasteiger charge is -2.26. The highest BCUT2D eigenvalue weighted by molar-refractivity contribution is 6.30. The Morgan fingerprint density at radius 1 is 1.25 bits per heavy atom. The van der Waals surface area contributed by atoms with Crippen LogP contribution in [0.25, 0.3) is 5.69 Å². The number of alkyl halides is 1. The number of benzene rings is 2. The summed E-state index contributed by atoms with van der Waals surface area (Å²) in [5.74, 6) is -1.22. The third kappa shape index (κ3) is 4.63. The van der Waals surface area contributed by atoms with Gasteiger partial charge in [-0.1, -0.05) is 41.9 Å². The molecule has 2 N–H and O–H groups in total. The zero-order chi connectivity index (χ0) is 22.7.